The molecule has 3 aromatic carbocycles. The molecule has 2 heterocycles. The first-order valence-corrected chi connectivity index (χ1v) is 13.5. The summed E-state index contributed by atoms with van der Waals surface area (Å²) in [5.41, 5.74) is 3.96. The van der Waals surface area contributed by atoms with Gasteiger partial charge in [0.05, 0.1) is 24.5 Å². The van der Waals surface area contributed by atoms with Crippen molar-refractivity contribution in [3.8, 4) is 5.75 Å². The highest BCUT2D eigenvalue weighted by Gasteiger charge is 2.47. The zero-order valence-electron chi connectivity index (χ0n) is 23.4. The molecule has 1 unspecified atom stereocenters. The third-order valence-electron chi connectivity index (χ3n) is 7.96. The molecule has 1 atom stereocenters. The lowest BCUT2D eigenvalue weighted by Crippen LogP contribution is -2.55. The smallest absolute Gasteiger partial charge is 0.298 e. The van der Waals surface area contributed by atoms with Gasteiger partial charge in [0.25, 0.3) is 12.4 Å². The minimum atomic E-state index is -0.410. The third-order valence-corrected chi connectivity index (χ3v) is 7.96. The molecule has 0 aromatic heterocycles. The average Bonchev–Trinajstić information content (AvgIpc) is 2.94. The molecule has 1 fully saturated rings. The molecule has 8 nitrogen and oxygen atoms in total. The summed E-state index contributed by atoms with van der Waals surface area (Å²) in [6, 6.07) is 21.0. The van der Waals surface area contributed by atoms with E-state index in [4.69, 9.17) is 9.47 Å². The van der Waals surface area contributed by atoms with Crippen molar-refractivity contribution in [2.24, 2.45) is 0 Å². The number of rotatable bonds is 6. The molecule has 208 valence electrons. The van der Waals surface area contributed by atoms with Crippen LogP contribution in [0.25, 0.3) is 0 Å². The van der Waals surface area contributed by atoms with Crippen molar-refractivity contribution in [1.82, 2.24) is 0 Å². The van der Waals surface area contributed by atoms with Gasteiger partial charge in [0.1, 0.15) is 5.75 Å². The SMILES string of the molecule is CC(=O)N1c2ccc(NC(=O)c3ccc(OC=O)cc3N3CCOCC3)cc2C(C)(c2ccccc2)CC1(C)C. The average molecular weight is 542 g/mol. The molecule has 1 saturated heterocycles. The number of benzene rings is 3. The van der Waals surface area contributed by atoms with Crippen molar-refractivity contribution >= 4 is 35.3 Å². The van der Waals surface area contributed by atoms with E-state index < -0.39 is 5.54 Å². The van der Waals surface area contributed by atoms with Gasteiger partial charge in [-0.15, -0.1) is 0 Å². The van der Waals surface area contributed by atoms with Gasteiger partial charge in [-0.25, -0.2) is 0 Å². The number of amides is 2. The lowest BCUT2D eigenvalue weighted by molar-refractivity contribution is -0.120. The normalized spacial score (nSPS) is 19.9. The fraction of sp³-hybridized carbons (Fsp3) is 0.344. The molecule has 0 saturated carbocycles. The van der Waals surface area contributed by atoms with Gasteiger partial charge in [-0.05, 0) is 61.7 Å². The fourth-order valence-corrected chi connectivity index (χ4v) is 6.37. The second kappa shape index (κ2) is 10.8. The number of fused-ring (bicyclic) bond motifs is 1. The van der Waals surface area contributed by atoms with E-state index in [0.717, 1.165) is 16.8 Å². The predicted molar refractivity (Wildman–Crippen MR) is 155 cm³/mol. The molecule has 2 aliphatic heterocycles. The zero-order valence-corrected chi connectivity index (χ0v) is 23.4. The van der Waals surface area contributed by atoms with Gasteiger partial charge in [-0.3, -0.25) is 14.4 Å². The summed E-state index contributed by atoms with van der Waals surface area (Å²) in [6.45, 7) is 10.7. The van der Waals surface area contributed by atoms with E-state index in [1.165, 1.54) is 0 Å². The Morgan fingerprint density at radius 3 is 2.35 bits per heavy atom. The van der Waals surface area contributed by atoms with Crippen LogP contribution in [0.3, 0.4) is 0 Å². The van der Waals surface area contributed by atoms with E-state index in [-0.39, 0.29) is 17.2 Å². The van der Waals surface area contributed by atoms with Gasteiger partial charge >= 0.3 is 0 Å². The summed E-state index contributed by atoms with van der Waals surface area (Å²) >= 11 is 0. The number of anilines is 3. The number of carbonyl (C=O) groups is 3. The topological polar surface area (TPSA) is 88.2 Å². The summed E-state index contributed by atoms with van der Waals surface area (Å²) in [5.74, 6) is 0.0680. The van der Waals surface area contributed by atoms with E-state index in [9.17, 15) is 14.4 Å². The molecular weight excluding hydrogens is 506 g/mol. The number of hydrogen-bond acceptors (Lipinski definition) is 6. The standard InChI is InChI=1S/C32H35N3O5/c1-22(37)35-28-13-10-24(18-27(28)32(4,20-31(35,2)3)23-8-6-5-7-9-23)33-30(38)26-12-11-25(40-21-36)19-29(26)34-14-16-39-17-15-34/h5-13,18-19,21H,14-17,20H2,1-4H3,(H,33,38). The van der Waals surface area contributed by atoms with Crippen LogP contribution in [0.1, 0.15) is 55.6 Å². The fourth-order valence-electron chi connectivity index (χ4n) is 6.37. The highest BCUT2D eigenvalue weighted by molar-refractivity contribution is 6.08. The van der Waals surface area contributed by atoms with Crippen LogP contribution in [-0.4, -0.2) is 50.1 Å². The second-order valence-corrected chi connectivity index (χ2v) is 11.2. The molecule has 3 aromatic rings. The van der Waals surface area contributed by atoms with Crippen LogP contribution in [0, 0.1) is 0 Å². The van der Waals surface area contributed by atoms with Gasteiger partial charge in [0.15, 0.2) is 0 Å². The first kappa shape index (κ1) is 27.4. The molecule has 1 N–H and O–H groups in total. The van der Waals surface area contributed by atoms with Crippen molar-refractivity contribution in [2.75, 3.05) is 41.4 Å². The first-order chi connectivity index (χ1) is 19.1. The number of ether oxygens (including phenoxy) is 2. The van der Waals surface area contributed by atoms with E-state index >= 15 is 0 Å². The summed E-state index contributed by atoms with van der Waals surface area (Å²) in [7, 11) is 0. The molecule has 0 radical (unpaired) electrons. The molecule has 40 heavy (non-hydrogen) atoms. The van der Waals surface area contributed by atoms with E-state index in [0.29, 0.717) is 61.9 Å². The van der Waals surface area contributed by atoms with Crippen molar-refractivity contribution in [2.45, 2.75) is 45.1 Å². The maximum atomic E-state index is 13.7. The van der Waals surface area contributed by atoms with E-state index in [1.54, 1.807) is 25.1 Å². The van der Waals surface area contributed by atoms with Crippen LogP contribution in [0.2, 0.25) is 0 Å². The Balaban J connectivity index is 1.55. The van der Waals surface area contributed by atoms with Gasteiger partial charge in [-0.1, -0.05) is 37.3 Å². The number of morpholine rings is 1. The van der Waals surface area contributed by atoms with Crippen LogP contribution in [0.15, 0.2) is 66.7 Å². The monoisotopic (exact) mass is 541 g/mol. The van der Waals surface area contributed by atoms with Crippen LogP contribution in [0.5, 0.6) is 5.75 Å². The molecule has 8 heteroatoms. The van der Waals surface area contributed by atoms with Crippen LogP contribution < -0.4 is 19.9 Å². The van der Waals surface area contributed by atoms with Crippen molar-refractivity contribution in [3.05, 3.63) is 83.4 Å². The van der Waals surface area contributed by atoms with Gasteiger partial charge in [0, 0.05) is 48.4 Å². The Hall–Kier alpha value is -4.17. The summed E-state index contributed by atoms with van der Waals surface area (Å²) in [4.78, 5) is 41.4. The molecule has 2 amide bonds. The van der Waals surface area contributed by atoms with Gasteiger partial charge in [0.2, 0.25) is 5.91 Å². The van der Waals surface area contributed by atoms with Crippen molar-refractivity contribution in [3.63, 3.8) is 0 Å². The summed E-state index contributed by atoms with van der Waals surface area (Å²) in [5, 5.41) is 3.08. The van der Waals surface area contributed by atoms with Crippen molar-refractivity contribution < 1.29 is 23.9 Å². The second-order valence-electron chi connectivity index (χ2n) is 11.2. The molecular formula is C32H35N3O5. The number of carbonyl (C=O) groups excluding carboxylic acids is 3. The molecule has 0 aliphatic carbocycles. The van der Waals surface area contributed by atoms with Gasteiger partial charge < -0.3 is 24.6 Å². The predicted octanol–water partition coefficient (Wildman–Crippen LogP) is 5.15. The molecule has 0 bridgehead atoms. The highest BCUT2D eigenvalue weighted by atomic mass is 16.5. The quantitative estimate of drug-likeness (QED) is 0.434. The first-order valence-electron chi connectivity index (χ1n) is 13.5. The molecule has 0 spiro atoms. The number of hydrogen-bond donors (Lipinski definition) is 1. The Kier molecular flexibility index (Phi) is 7.38. The van der Waals surface area contributed by atoms with Crippen LogP contribution in [0.4, 0.5) is 17.1 Å². The minimum absolute atomic E-state index is 0.0223. The number of nitrogens with zero attached hydrogens (tertiary/aromatic N) is 2. The zero-order chi connectivity index (χ0) is 28.5. The van der Waals surface area contributed by atoms with Crippen molar-refractivity contribution in [1.29, 1.82) is 0 Å². The maximum absolute atomic E-state index is 13.7. The van der Waals surface area contributed by atoms with Crippen LogP contribution >= 0.6 is 0 Å². The Labute approximate surface area is 234 Å². The largest absolute Gasteiger partial charge is 0.429 e. The summed E-state index contributed by atoms with van der Waals surface area (Å²) in [6.07, 6.45) is 0.716. The highest BCUT2D eigenvalue weighted by Crippen LogP contribution is 2.51. The Morgan fingerprint density at radius 1 is 0.950 bits per heavy atom. The molecule has 2 aliphatic rings. The van der Waals surface area contributed by atoms with E-state index in [1.807, 2.05) is 41.3 Å². The summed E-state index contributed by atoms with van der Waals surface area (Å²) < 4.78 is 10.5. The molecule has 5 rings (SSSR count). The lowest BCUT2D eigenvalue weighted by Gasteiger charge is -2.51. The lowest BCUT2D eigenvalue weighted by atomic mass is 9.65. The van der Waals surface area contributed by atoms with E-state index in [2.05, 4.69) is 43.1 Å². The Bertz CT molecular complexity index is 1430. The minimum Gasteiger partial charge on any atom is -0.429 e. The maximum Gasteiger partial charge on any atom is 0.298 e. The van der Waals surface area contributed by atoms with Gasteiger partial charge in [-0.2, -0.15) is 0 Å². The number of nitrogens with one attached hydrogen (secondary N) is 1. The Morgan fingerprint density at radius 2 is 1.68 bits per heavy atom. The van der Waals surface area contributed by atoms with Crippen LogP contribution in [-0.2, 0) is 19.7 Å². The third kappa shape index (κ3) is 5.07.